The molecule has 0 fully saturated rings. The quantitative estimate of drug-likeness (QED) is 0.412. The fourth-order valence-corrected chi connectivity index (χ4v) is 1.28. The van der Waals surface area contributed by atoms with E-state index in [-0.39, 0.29) is 15.9 Å². The topological polar surface area (TPSA) is 83.7 Å². The number of hydrogen-bond acceptors (Lipinski definition) is 2. The van der Waals surface area contributed by atoms with E-state index in [1.165, 1.54) is 11.7 Å². The Balaban J connectivity index is 3.28. The third kappa shape index (κ3) is 1.75. The van der Waals surface area contributed by atoms with E-state index in [0.717, 1.165) is 0 Å². The van der Waals surface area contributed by atoms with Crippen LogP contribution in [0.3, 0.4) is 0 Å². The minimum atomic E-state index is -0.842. The Morgan fingerprint density at radius 1 is 1.69 bits per heavy atom. The van der Waals surface area contributed by atoms with Gasteiger partial charge in [-0.15, -0.1) is 0 Å². The molecule has 0 saturated heterocycles. The second-order valence-electron chi connectivity index (χ2n) is 2.07. The Morgan fingerprint density at radius 2 is 2.31 bits per heavy atom. The van der Waals surface area contributed by atoms with Crippen molar-refractivity contribution in [2.24, 2.45) is 12.2 Å². The normalized spacial score (nSPS) is 9.46. The molecule has 68 valence electrons. The van der Waals surface area contributed by atoms with Crippen LogP contribution in [0.2, 0.25) is 10.3 Å². The Hall–Kier alpha value is -1.23. The van der Waals surface area contributed by atoms with Crippen LogP contribution in [0.25, 0.3) is 10.4 Å². The SMILES string of the molecule is Cn1nc(Cl)c(C(=O)N=[N+]=[N-])c1Cl. The van der Waals surface area contributed by atoms with Crippen molar-refractivity contribution in [2.75, 3.05) is 0 Å². The van der Waals surface area contributed by atoms with E-state index in [9.17, 15) is 4.79 Å². The van der Waals surface area contributed by atoms with Crippen LogP contribution in [0.1, 0.15) is 10.4 Å². The molecule has 0 saturated carbocycles. The van der Waals surface area contributed by atoms with E-state index < -0.39 is 5.91 Å². The molecule has 1 aromatic rings. The summed E-state index contributed by atoms with van der Waals surface area (Å²) in [6, 6.07) is 0. The summed E-state index contributed by atoms with van der Waals surface area (Å²) in [6.45, 7) is 0. The fourth-order valence-electron chi connectivity index (χ4n) is 0.740. The van der Waals surface area contributed by atoms with Crippen molar-refractivity contribution in [3.63, 3.8) is 0 Å². The predicted molar refractivity (Wildman–Crippen MR) is 46.7 cm³/mol. The van der Waals surface area contributed by atoms with Gasteiger partial charge in [-0.3, -0.25) is 9.48 Å². The molecule has 0 aromatic carbocycles. The minimum absolute atomic E-state index is 0.0439. The summed E-state index contributed by atoms with van der Waals surface area (Å²) in [5, 5.41) is 6.47. The van der Waals surface area contributed by atoms with Crippen LogP contribution in [0.15, 0.2) is 5.11 Å². The molecule has 1 heterocycles. The number of carbonyl (C=O) groups excluding carboxylic acids is 1. The lowest BCUT2D eigenvalue weighted by Gasteiger charge is -1.90. The lowest BCUT2D eigenvalue weighted by atomic mass is 10.3. The summed E-state index contributed by atoms with van der Waals surface area (Å²) in [4.78, 5) is 13.4. The molecule has 0 atom stereocenters. The van der Waals surface area contributed by atoms with E-state index in [4.69, 9.17) is 28.7 Å². The van der Waals surface area contributed by atoms with Gasteiger partial charge in [-0.1, -0.05) is 23.2 Å². The first-order chi connectivity index (χ1) is 6.07. The van der Waals surface area contributed by atoms with Crippen LogP contribution in [0.5, 0.6) is 0 Å². The van der Waals surface area contributed by atoms with Crippen molar-refractivity contribution < 1.29 is 4.79 Å². The number of amides is 1. The van der Waals surface area contributed by atoms with E-state index in [1.54, 1.807) is 0 Å². The summed E-state index contributed by atoms with van der Waals surface area (Å²) < 4.78 is 1.21. The Morgan fingerprint density at radius 3 is 2.69 bits per heavy atom. The summed E-state index contributed by atoms with van der Waals surface area (Å²) in [5.74, 6) is -0.842. The van der Waals surface area contributed by atoms with Crippen LogP contribution >= 0.6 is 23.2 Å². The second kappa shape index (κ2) is 3.66. The molecule has 0 unspecified atom stereocenters. The Labute approximate surface area is 82.7 Å². The predicted octanol–water partition coefficient (Wildman–Crippen LogP) is 2.18. The molecular formula is C5H3Cl2N5O. The van der Waals surface area contributed by atoms with Crippen LogP contribution in [-0.4, -0.2) is 15.7 Å². The second-order valence-corrected chi connectivity index (χ2v) is 2.79. The number of halogens is 2. The summed E-state index contributed by atoms with van der Waals surface area (Å²) in [5.41, 5.74) is 7.93. The van der Waals surface area contributed by atoms with Gasteiger partial charge in [0.1, 0.15) is 10.7 Å². The first-order valence-corrected chi connectivity index (χ1v) is 3.81. The highest BCUT2D eigenvalue weighted by Crippen LogP contribution is 2.23. The highest BCUT2D eigenvalue weighted by Gasteiger charge is 2.18. The van der Waals surface area contributed by atoms with Crippen molar-refractivity contribution in [1.29, 1.82) is 0 Å². The highest BCUT2D eigenvalue weighted by molar-refractivity contribution is 6.38. The molecule has 1 aromatic heterocycles. The number of hydrogen-bond donors (Lipinski definition) is 0. The number of aryl methyl sites for hydroxylation is 1. The van der Waals surface area contributed by atoms with E-state index in [1.807, 2.05) is 0 Å². The molecule has 6 nitrogen and oxygen atoms in total. The van der Waals surface area contributed by atoms with Gasteiger partial charge in [-0.25, -0.2) is 0 Å². The van der Waals surface area contributed by atoms with Crippen molar-refractivity contribution >= 4 is 29.1 Å². The molecule has 1 amide bonds. The summed E-state index contributed by atoms with van der Waals surface area (Å²) in [7, 11) is 1.51. The van der Waals surface area contributed by atoms with Crippen molar-refractivity contribution in [1.82, 2.24) is 9.78 Å². The van der Waals surface area contributed by atoms with Gasteiger partial charge in [-0.2, -0.15) is 5.10 Å². The third-order valence-electron chi connectivity index (χ3n) is 1.28. The van der Waals surface area contributed by atoms with Crippen LogP contribution in [0.4, 0.5) is 0 Å². The van der Waals surface area contributed by atoms with Gasteiger partial charge in [0.15, 0.2) is 5.15 Å². The highest BCUT2D eigenvalue weighted by atomic mass is 35.5. The van der Waals surface area contributed by atoms with Crippen LogP contribution < -0.4 is 0 Å². The smallest absolute Gasteiger partial charge is 0.255 e. The largest absolute Gasteiger partial charge is 0.287 e. The fraction of sp³-hybridized carbons (Fsp3) is 0.200. The number of aromatic nitrogens is 2. The molecule has 0 aliphatic heterocycles. The monoisotopic (exact) mass is 219 g/mol. The maximum atomic E-state index is 11.1. The van der Waals surface area contributed by atoms with E-state index >= 15 is 0 Å². The Bertz CT molecular complexity index is 405. The van der Waals surface area contributed by atoms with Gasteiger partial charge in [0.25, 0.3) is 5.91 Å². The van der Waals surface area contributed by atoms with E-state index in [0.29, 0.717) is 0 Å². The molecule has 13 heavy (non-hydrogen) atoms. The molecule has 0 spiro atoms. The maximum absolute atomic E-state index is 11.1. The maximum Gasteiger partial charge on any atom is 0.255 e. The van der Waals surface area contributed by atoms with Crippen molar-refractivity contribution in [3.8, 4) is 0 Å². The average Bonchev–Trinajstić information content (AvgIpc) is 2.27. The van der Waals surface area contributed by atoms with Gasteiger partial charge in [0.2, 0.25) is 0 Å². The zero-order valence-electron chi connectivity index (χ0n) is 6.40. The molecule has 0 aliphatic carbocycles. The number of rotatable bonds is 1. The number of carbonyl (C=O) groups is 1. The lowest BCUT2D eigenvalue weighted by Crippen LogP contribution is -1.94. The van der Waals surface area contributed by atoms with E-state index in [2.05, 4.69) is 15.1 Å². The third-order valence-corrected chi connectivity index (χ3v) is 1.98. The molecule has 0 aliphatic rings. The lowest BCUT2D eigenvalue weighted by molar-refractivity contribution is 0.100. The zero-order chi connectivity index (χ0) is 10.0. The summed E-state index contributed by atoms with van der Waals surface area (Å²) >= 11 is 11.2. The first kappa shape index (κ1) is 9.85. The van der Waals surface area contributed by atoms with Crippen LogP contribution in [0, 0.1) is 0 Å². The Kier molecular flexibility index (Phi) is 2.77. The molecule has 0 radical (unpaired) electrons. The minimum Gasteiger partial charge on any atom is -0.287 e. The van der Waals surface area contributed by atoms with Gasteiger partial charge in [0.05, 0.1) is 0 Å². The zero-order valence-corrected chi connectivity index (χ0v) is 7.91. The molecule has 0 bridgehead atoms. The van der Waals surface area contributed by atoms with Gasteiger partial charge >= 0.3 is 0 Å². The summed E-state index contributed by atoms with van der Waals surface area (Å²) in [6.07, 6.45) is 0. The van der Waals surface area contributed by atoms with Crippen molar-refractivity contribution in [2.45, 2.75) is 0 Å². The average molecular weight is 220 g/mol. The molecular weight excluding hydrogens is 217 g/mol. The number of azide groups is 1. The van der Waals surface area contributed by atoms with Gasteiger partial charge in [-0.05, 0) is 10.6 Å². The molecule has 8 heteroatoms. The first-order valence-electron chi connectivity index (χ1n) is 3.05. The molecule has 1 rings (SSSR count). The van der Waals surface area contributed by atoms with Crippen LogP contribution in [-0.2, 0) is 7.05 Å². The standard InChI is InChI=1S/C5H3Cl2N5O/c1-12-4(7)2(3(6)10-12)5(13)9-11-8/h1H3. The number of nitrogens with zero attached hydrogens (tertiary/aromatic N) is 5. The van der Waals surface area contributed by atoms with Gasteiger partial charge in [0, 0.05) is 12.0 Å². The van der Waals surface area contributed by atoms with Gasteiger partial charge < -0.3 is 0 Å². The molecule has 0 N–H and O–H groups in total. The van der Waals surface area contributed by atoms with Crippen molar-refractivity contribution in [3.05, 3.63) is 26.3 Å².